The van der Waals surface area contributed by atoms with Crippen molar-refractivity contribution >= 4 is 15.9 Å². The van der Waals surface area contributed by atoms with Crippen molar-refractivity contribution in [3.63, 3.8) is 0 Å². The molecule has 0 saturated heterocycles. The summed E-state index contributed by atoms with van der Waals surface area (Å²) in [5, 5.41) is 0. The number of fused-ring (bicyclic) bond motifs is 1. The van der Waals surface area contributed by atoms with Gasteiger partial charge in [0.05, 0.1) is 0 Å². The molecule has 1 heterocycles. The highest BCUT2D eigenvalue weighted by atomic mass is 32.2. The summed E-state index contributed by atoms with van der Waals surface area (Å²) in [6, 6.07) is 0. The van der Waals surface area contributed by atoms with Gasteiger partial charge in [0.25, 0.3) is 0 Å². The Balaban J connectivity index is 2.50. The summed E-state index contributed by atoms with van der Waals surface area (Å²) in [4.78, 5) is 15.1. The molecule has 0 radical (unpaired) electrons. The number of halogens is 3. The maximum atomic E-state index is 12.4. The minimum Gasteiger partial charge on any atom is -0.355 e. The lowest BCUT2D eigenvalue weighted by atomic mass is 9.89. The maximum absolute atomic E-state index is 12.4. The summed E-state index contributed by atoms with van der Waals surface area (Å²) >= 11 is 0. The van der Waals surface area contributed by atoms with E-state index >= 15 is 0 Å². The number of ketones is 1. The van der Waals surface area contributed by atoms with Gasteiger partial charge in [-0.05, 0) is 38.2 Å². The molecular weight excluding hydrogens is 311 g/mol. The second-order valence-corrected chi connectivity index (χ2v) is 6.22. The zero-order chi connectivity index (χ0) is 15.8. The van der Waals surface area contributed by atoms with Gasteiger partial charge < -0.3 is 4.18 Å². The van der Waals surface area contributed by atoms with Gasteiger partial charge in [0.15, 0.2) is 5.78 Å². The molecule has 0 spiro atoms. The molecule has 2 rings (SSSR count). The molecule has 5 nitrogen and oxygen atoms in total. The van der Waals surface area contributed by atoms with E-state index in [0.717, 1.165) is 12.6 Å². The van der Waals surface area contributed by atoms with Crippen LogP contribution in [0.1, 0.15) is 41.3 Å². The molecule has 0 aliphatic heterocycles. The van der Waals surface area contributed by atoms with Crippen molar-refractivity contribution in [3.05, 3.63) is 22.9 Å². The first kappa shape index (κ1) is 15.7. The minimum absolute atomic E-state index is 0.266. The van der Waals surface area contributed by atoms with Gasteiger partial charge in [-0.25, -0.2) is 4.98 Å². The predicted octanol–water partition coefficient (Wildman–Crippen LogP) is 2.39. The molecule has 1 aliphatic rings. The zero-order valence-electron chi connectivity index (χ0n) is 11.0. The molecule has 0 saturated carbocycles. The Labute approximate surface area is 119 Å². The van der Waals surface area contributed by atoms with Crippen molar-refractivity contribution in [2.45, 2.75) is 38.1 Å². The van der Waals surface area contributed by atoms with Gasteiger partial charge in [0.2, 0.25) is 5.88 Å². The topological polar surface area (TPSA) is 73.3 Å². The quantitative estimate of drug-likeness (QED) is 0.485. The van der Waals surface area contributed by atoms with Crippen LogP contribution in [0.3, 0.4) is 0 Å². The van der Waals surface area contributed by atoms with Crippen LogP contribution in [0.5, 0.6) is 5.88 Å². The Morgan fingerprint density at radius 1 is 1.24 bits per heavy atom. The van der Waals surface area contributed by atoms with Crippen LogP contribution < -0.4 is 4.18 Å². The van der Waals surface area contributed by atoms with Gasteiger partial charge in [0.1, 0.15) is 0 Å². The second-order valence-electron chi connectivity index (χ2n) is 4.68. The van der Waals surface area contributed by atoms with E-state index in [0.29, 0.717) is 30.4 Å². The van der Waals surface area contributed by atoms with Gasteiger partial charge in [-0.15, -0.1) is 0 Å². The molecule has 0 aromatic carbocycles. The fourth-order valence-corrected chi connectivity index (χ4v) is 2.69. The SMILES string of the molecule is CC(=O)c1cnc(OS(=O)(=O)C(F)(F)F)c2c1CCCC2. The van der Waals surface area contributed by atoms with Crippen molar-refractivity contribution in [2.24, 2.45) is 0 Å². The van der Waals surface area contributed by atoms with E-state index in [4.69, 9.17) is 0 Å². The van der Waals surface area contributed by atoms with Crippen LogP contribution in [0, 0.1) is 0 Å². The summed E-state index contributed by atoms with van der Waals surface area (Å²) in [5.41, 5.74) is -4.44. The molecule has 21 heavy (non-hydrogen) atoms. The third-order valence-corrected chi connectivity index (χ3v) is 4.16. The van der Waals surface area contributed by atoms with Gasteiger partial charge in [0, 0.05) is 17.3 Å². The molecule has 0 amide bonds. The van der Waals surface area contributed by atoms with Crippen molar-refractivity contribution in [2.75, 3.05) is 0 Å². The molecule has 0 N–H and O–H groups in total. The van der Waals surface area contributed by atoms with Gasteiger partial charge in [-0.1, -0.05) is 0 Å². The Morgan fingerprint density at radius 3 is 2.33 bits per heavy atom. The van der Waals surface area contributed by atoms with E-state index in [-0.39, 0.29) is 11.3 Å². The van der Waals surface area contributed by atoms with Gasteiger partial charge in [-0.3, -0.25) is 4.79 Å². The maximum Gasteiger partial charge on any atom is 0.534 e. The summed E-state index contributed by atoms with van der Waals surface area (Å²) in [6.45, 7) is 1.32. The first-order valence-electron chi connectivity index (χ1n) is 6.16. The number of nitrogens with zero attached hydrogens (tertiary/aromatic N) is 1. The van der Waals surface area contributed by atoms with E-state index in [1.54, 1.807) is 0 Å². The van der Waals surface area contributed by atoms with Crippen LogP contribution in [0.2, 0.25) is 0 Å². The number of Topliss-reactive ketones (excluding diaryl/α,β-unsaturated/α-hetero) is 1. The summed E-state index contributed by atoms with van der Waals surface area (Å²) in [6.07, 6.45) is 3.30. The van der Waals surface area contributed by atoms with Crippen LogP contribution in [-0.2, 0) is 23.0 Å². The van der Waals surface area contributed by atoms with E-state index in [1.165, 1.54) is 6.92 Å². The van der Waals surface area contributed by atoms with Crippen molar-refractivity contribution in [3.8, 4) is 5.88 Å². The number of hydrogen-bond donors (Lipinski definition) is 0. The molecular formula is C12H12F3NO4S. The number of hydrogen-bond acceptors (Lipinski definition) is 5. The lowest BCUT2D eigenvalue weighted by Gasteiger charge is -2.20. The number of carbonyl (C=O) groups is 1. The van der Waals surface area contributed by atoms with E-state index in [2.05, 4.69) is 9.17 Å². The van der Waals surface area contributed by atoms with Crippen LogP contribution in [0.25, 0.3) is 0 Å². The average molecular weight is 323 g/mol. The molecule has 1 aromatic heterocycles. The Hall–Kier alpha value is -1.64. The minimum atomic E-state index is -5.76. The number of carbonyl (C=O) groups excluding carboxylic acids is 1. The molecule has 0 atom stereocenters. The van der Waals surface area contributed by atoms with Gasteiger partial charge >= 0.3 is 15.6 Å². The number of aromatic nitrogens is 1. The highest BCUT2D eigenvalue weighted by molar-refractivity contribution is 7.87. The first-order chi connectivity index (χ1) is 9.63. The number of pyridine rings is 1. The largest absolute Gasteiger partial charge is 0.534 e. The number of alkyl halides is 3. The molecule has 116 valence electrons. The van der Waals surface area contributed by atoms with Crippen LogP contribution in [0.15, 0.2) is 6.20 Å². The number of rotatable bonds is 3. The lowest BCUT2D eigenvalue weighted by molar-refractivity contribution is -0.0501. The Bertz CT molecular complexity index is 682. The van der Waals surface area contributed by atoms with Crippen molar-refractivity contribution in [1.82, 2.24) is 4.98 Å². The lowest BCUT2D eigenvalue weighted by Crippen LogP contribution is -2.29. The Morgan fingerprint density at radius 2 is 1.81 bits per heavy atom. The van der Waals surface area contributed by atoms with Crippen LogP contribution in [0.4, 0.5) is 13.2 Å². The van der Waals surface area contributed by atoms with E-state index in [1.807, 2.05) is 0 Å². The summed E-state index contributed by atoms with van der Waals surface area (Å²) in [5.74, 6) is -0.863. The molecule has 0 bridgehead atoms. The molecule has 1 aromatic rings. The first-order valence-corrected chi connectivity index (χ1v) is 7.57. The predicted molar refractivity (Wildman–Crippen MR) is 66.5 cm³/mol. The zero-order valence-corrected chi connectivity index (χ0v) is 11.8. The Kier molecular flexibility index (Phi) is 3.96. The normalized spacial score (nSPS) is 15.4. The third kappa shape index (κ3) is 3.02. The monoisotopic (exact) mass is 323 g/mol. The highest BCUT2D eigenvalue weighted by Gasteiger charge is 2.49. The summed E-state index contributed by atoms with van der Waals surface area (Å²) < 4.78 is 63.4. The molecule has 0 unspecified atom stereocenters. The van der Waals surface area contributed by atoms with E-state index in [9.17, 15) is 26.4 Å². The van der Waals surface area contributed by atoms with E-state index < -0.39 is 21.5 Å². The second kappa shape index (κ2) is 5.28. The van der Waals surface area contributed by atoms with Crippen LogP contribution in [-0.4, -0.2) is 24.7 Å². The van der Waals surface area contributed by atoms with Crippen LogP contribution >= 0.6 is 0 Å². The molecule has 1 aliphatic carbocycles. The fraction of sp³-hybridized carbons (Fsp3) is 0.500. The van der Waals surface area contributed by atoms with Crippen molar-refractivity contribution in [1.29, 1.82) is 0 Å². The van der Waals surface area contributed by atoms with Crippen molar-refractivity contribution < 1.29 is 30.6 Å². The average Bonchev–Trinajstić information content (AvgIpc) is 2.37. The molecule has 0 fully saturated rings. The third-order valence-electron chi connectivity index (χ3n) is 3.21. The summed E-state index contributed by atoms with van der Waals surface area (Å²) in [7, 11) is -5.76. The highest BCUT2D eigenvalue weighted by Crippen LogP contribution is 2.33. The standard InChI is InChI=1S/C12H12F3NO4S/c1-7(17)10-6-16-11(9-5-3-2-4-8(9)10)20-21(18,19)12(13,14)15/h6H,2-5H2,1H3. The fourth-order valence-electron chi connectivity index (χ4n) is 2.24. The van der Waals surface area contributed by atoms with Gasteiger partial charge in [-0.2, -0.15) is 21.6 Å². The molecule has 9 heteroatoms. The smallest absolute Gasteiger partial charge is 0.355 e.